The fourth-order valence-corrected chi connectivity index (χ4v) is 3.34. The number of aliphatic hydroxyl groups is 1. The maximum Gasteiger partial charge on any atom is 0.261 e. The molecule has 0 spiro atoms. The number of piperidine rings is 1. The molecule has 6 nitrogen and oxygen atoms in total. The highest BCUT2D eigenvalue weighted by molar-refractivity contribution is 5.89. The quantitative estimate of drug-likeness (QED) is 0.709. The molecular weight excluding hydrogens is 363 g/mol. The summed E-state index contributed by atoms with van der Waals surface area (Å²) in [5, 5.41) is 12.1. The number of ether oxygens (including phenoxy) is 1. The average molecular weight is 394 g/mol. The Bertz CT molecular complexity index is 660. The molecule has 0 aliphatic carbocycles. The van der Waals surface area contributed by atoms with E-state index in [2.05, 4.69) is 5.32 Å². The summed E-state index contributed by atoms with van der Waals surface area (Å²) >= 11 is 0. The third kappa shape index (κ3) is 6.48. The Morgan fingerprint density at radius 2 is 1.96 bits per heavy atom. The van der Waals surface area contributed by atoms with Gasteiger partial charge in [-0.1, -0.05) is 19.9 Å². The van der Waals surface area contributed by atoms with Crippen LogP contribution in [-0.4, -0.2) is 53.7 Å². The molecule has 2 rings (SSSR count). The summed E-state index contributed by atoms with van der Waals surface area (Å²) in [5.74, 6) is -0.222. The van der Waals surface area contributed by atoms with Crippen molar-refractivity contribution in [2.45, 2.75) is 52.2 Å². The van der Waals surface area contributed by atoms with E-state index in [1.165, 1.54) is 18.2 Å². The zero-order valence-corrected chi connectivity index (χ0v) is 16.9. The first-order valence-corrected chi connectivity index (χ1v) is 9.92. The van der Waals surface area contributed by atoms with E-state index in [9.17, 15) is 19.1 Å². The van der Waals surface area contributed by atoms with Crippen LogP contribution in [0.2, 0.25) is 0 Å². The molecule has 156 valence electrons. The summed E-state index contributed by atoms with van der Waals surface area (Å²) < 4.78 is 18.8. The number of rotatable bonds is 8. The van der Waals surface area contributed by atoms with Gasteiger partial charge in [0.15, 0.2) is 6.10 Å². The van der Waals surface area contributed by atoms with Crippen LogP contribution in [0.15, 0.2) is 24.3 Å². The van der Waals surface area contributed by atoms with Gasteiger partial charge < -0.3 is 20.1 Å². The molecule has 1 aromatic rings. The van der Waals surface area contributed by atoms with Crippen LogP contribution in [0.3, 0.4) is 0 Å². The molecule has 7 heteroatoms. The number of amides is 2. The zero-order valence-electron chi connectivity index (χ0n) is 16.9. The van der Waals surface area contributed by atoms with Gasteiger partial charge in [0, 0.05) is 25.8 Å². The molecule has 1 heterocycles. The predicted molar refractivity (Wildman–Crippen MR) is 104 cm³/mol. The SMILES string of the molecule is CC(C)CC(NC(=O)C(C)Oc1cccc(F)c1)C(=O)N1CCC(CO)CC1. The van der Waals surface area contributed by atoms with Crippen molar-refractivity contribution in [3.63, 3.8) is 0 Å². The second-order valence-electron chi connectivity index (χ2n) is 7.86. The number of carbonyl (C=O) groups excluding carboxylic acids is 2. The molecule has 2 atom stereocenters. The highest BCUT2D eigenvalue weighted by Crippen LogP contribution is 2.19. The number of carbonyl (C=O) groups is 2. The number of benzene rings is 1. The monoisotopic (exact) mass is 394 g/mol. The maximum atomic E-state index is 13.3. The minimum atomic E-state index is -0.857. The molecule has 28 heavy (non-hydrogen) atoms. The van der Waals surface area contributed by atoms with Gasteiger partial charge in [0.2, 0.25) is 5.91 Å². The van der Waals surface area contributed by atoms with Gasteiger partial charge in [-0.05, 0) is 50.2 Å². The number of likely N-dealkylation sites (tertiary alicyclic amines) is 1. The van der Waals surface area contributed by atoms with Crippen molar-refractivity contribution < 1.29 is 23.8 Å². The van der Waals surface area contributed by atoms with Crippen LogP contribution in [0, 0.1) is 17.7 Å². The lowest BCUT2D eigenvalue weighted by Gasteiger charge is -2.34. The molecule has 0 radical (unpaired) electrons. The Morgan fingerprint density at radius 1 is 1.29 bits per heavy atom. The van der Waals surface area contributed by atoms with Gasteiger partial charge in [0.05, 0.1) is 0 Å². The van der Waals surface area contributed by atoms with Crippen molar-refractivity contribution in [1.82, 2.24) is 10.2 Å². The molecule has 1 aliphatic rings. The Kier molecular flexibility index (Phi) is 8.23. The van der Waals surface area contributed by atoms with Gasteiger partial charge >= 0.3 is 0 Å². The van der Waals surface area contributed by atoms with Crippen LogP contribution in [0.5, 0.6) is 5.75 Å². The van der Waals surface area contributed by atoms with Gasteiger partial charge in [0.1, 0.15) is 17.6 Å². The molecule has 1 aliphatic heterocycles. The summed E-state index contributed by atoms with van der Waals surface area (Å²) in [6, 6.07) is 4.98. The molecule has 2 unspecified atom stereocenters. The van der Waals surface area contributed by atoms with Crippen LogP contribution >= 0.6 is 0 Å². The van der Waals surface area contributed by atoms with E-state index in [0.29, 0.717) is 19.5 Å². The lowest BCUT2D eigenvalue weighted by atomic mass is 9.96. The standard InChI is InChI=1S/C21H31FN2O4/c1-14(2)11-19(21(27)24-9-7-16(13-25)8-10-24)23-20(26)15(3)28-18-6-4-5-17(22)12-18/h4-6,12,14-16,19,25H,7-11,13H2,1-3H3,(H,23,26). The second kappa shape index (κ2) is 10.4. The first-order valence-electron chi connectivity index (χ1n) is 9.92. The number of hydrogen-bond donors (Lipinski definition) is 2. The molecule has 0 aromatic heterocycles. The van der Waals surface area contributed by atoms with Gasteiger partial charge in [-0.2, -0.15) is 0 Å². The third-order valence-electron chi connectivity index (χ3n) is 4.98. The van der Waals surface area contributed by atoms with E-state index >= 15 is 0 Å². The minimum Gasteiger partial charge on any atom is -0.481 e. The molecule has 1 saturated heterocycles. The van der Waals surface area contributed by atoms with Crippen LogP contribution < -0.4 is 10.1 Å². The number of aliphatic hydroxyl groups excluding tert-OH is 1. The molecule has 1 aromatic carbocycles. The number of nitrogens with one attached hydrogen (secondary N) is 1. The molecule has 1 fully saturated rings. The average Bonchev–Trinajstić information content (AvgIpc) is 2.66. The Balaban J connectivity index is 1.98. The van der Waals surface area contributed by atoms with Gasteiger partial charge in [-0.15, -0.1) is 0 Å². The molecular formula is C21H31FN2O4. The lowest BCUT2D eigenvalue weighted by Crippen LogP contribution is -2.53. The summed E-state index contributed by atoms with van der Waals surface area (Å²) in [5.41, 5.74) is 0. The Hall–Kier alpha value is -2.15. The third-order valence-corrected chi connectivity index (χ3v) is 4.98. The van der Waals surface area contributed by atoms with Crippen LogP contribution in [0.25, 0.3) is 0 Å². The summed E-state index contributed by atoms with van der Waals surface area (Å²) in [6.45, 7) is 6.88. The fourth-order valence-electron chi connectivity index (χ4n) is 3.34. The predicted octanol–water partition coefficient (Wildman–Crippen LogP) is 2.35. The highest BCUT2D eigenvalue weighted by Gasteiger charge is 2.31. The van der Waals surface area contributed by atoms with Crippen molar-refractivity contribution >= 4 is 11.8 Å². The van der Waals surface area contributed by atoms with Crippen LogP contribution in [0.1, 0.15) is 40.0 Å². The smallest absolute Gasteiger partial charge is 0.261 e. The van der Waals surface area contributed by atoms with E-state index in [1.807, 2.05) is 13.8 Å². The lowest BCUT2D eigenvalue weighted by molar-refractivity contribution is -0.139. The summed E-state index contributed by atoms with van der Waals surface area (Å²) in [4.78, 5) is 27.3. The fraction of sp³-hybridized carbons (Fsp3) is 0.619. The van der Waals surface area contributed by atoms with E-state index < -0.39 is 23.9 Å². The largest absolute Gasteiger partial charge is 0.481 e. The molecule has 2 N–H and O–H groups in total. The first-order chi connectivity index (χ1) is 13.3. The number of halogens is 1. The van der Waals surface area contributed by atoms with E-state index in [4.69, 9.17) is 4.74 Å². The van der Waals surface area contributed by atoms with Gasteiger partial charge in [-0.3, -0.25) is 9.59 Å². The molecule has 2 amide bonds. The van der Waals surface area contributed by atoms with Crippen LogP contribution in [0.4, 0.5) is 4.39 Å². The number of nitrogens with zero attached hydrogens (tertiary/aromatic N) is 1. The summed E-state index contributed by atoms with van der Waals surface area (Å²) in [6.07, 6.45) is 1.20. The van der Waals surface area contributed by atoms with E-state index in [-0.39, 0.29) is 30.1 Å². The second-order valence-corrected chi connectivity index (χ2v) is 7.86. The van der Waals surface area contributed by atoms with Gasteiger partial charge in [0.25, 0.3) is 5.91 Å². The normalized spacial score (nSPS) is 17.3. The highest BCUT2D eigenvalue weighted by atomic mass is 19.1. The van der Waals surface area contributed by atoms with Crippen molar-refractivity contribution in [2.75, 3.05) is 19.7 Å². The summed E-state index contributed by atoms with van der Waals surface area (Å²) in [7, 11) is 0. The topological polar surface area (TPSA) is 78.9 Å². The van der Waals surface area contributed by atoms with Crippen molar-refractivity contribution in [2.24, 2.45) is 11.8 Å². The van der Waals surface area contributed by atoms with Crippen LogP contribution in [-0.2, 0) is 9.59 Å². The molecule has 0 bridgehead atoms. The van der Waals surface area contributed by atoms with Crippen molar-refractivity contribution in [3.05, 3.63) is 30.1 Å². The van der Waals surface area contributed by atoms with E-state index in [1.54, 1.807) is 17.9 Å². The number of hydrogen-bond acceptors (Lipinski definition) is 4. The van der Waals surface area contributed by atoms with Crippen molar-refractivity contribution in [3.8, 4) is 5.75 Å². The Morgan fingerprint density at radius 3 is 2.54 bits per heavy atom. The zero-order chi connectivity index (χ0) is 20.7. The Labute approximate surface area is 166 Å². The van der Waals surface area contributed by atoms with Gasteiger partial charge in [-0.25, -0.2) is 4.39 Å². The molecule has 0 saturated carbocycles. The maximum absolute atomic E-state index is 13.3. The minimum absolute atomic E-state index is 0.101. The van der Waals surface area contributed by atoms with E-state index in [0.717, 1.165) is 12.8 Å². The first kappa shape index (κ1) is 22.1. The van der Waals surface area contributed by atoms with Crippen molar-refractivity contribution in [1.29, 1.82) is 0 Å².